The summed E-state index contributed by atoms with van der Waals surface area (Å²) >= 11 is 7.27. The van der Waals surface area contributed by atoms with E-state index in [1.54, 1.807) is 36.4 Å². The predicted molar refractivity (Wildman–Crippen MR) is 114 cm³/mol. The van der Waals surface area contributed by atoms with Gasteiger partial charge in [0.05, 0.1) is 36.6 Å². The molecule has 6 nitrogen and oxygen atoms in total. The molecule has 0 bridgehead atoms. The van der Waals surface area contributed by atoms with Crippen LogP contribution in [0.4, 0.5) is 0 Å². The number of allylic oxidation sites excluding steroid dienone is 1. The Kier molecular flexibility index (Phi) is 5.41. The average molecular weight is 443 g/mol. The minimum Gasteiger partial charge on any atom is -0.493 e. The molecule has 1 N–H and O–H groups in total. The summed E-state index contributed by atoms with van der Waals surface area (Å²) in [7, 11) is 3.07. The number of amides is 1. The van der Waals surface area contributed by atoms with Crippen molar-refractivity contribution >= 4 is 29.3 Å². The van der Waals surface area contributed by atoms with Gasteiger partial charge >= 0.3 is 0 Å². The molecule has 0 spiro atoms. The van der Waals surface area contributed by atoms with Gasteiger partial charge < -0.3 is 14.6 Å². The van der Waals surface area contributed by atoms with Crippen molar-refractivity contribution in [2.75, 3.05) is 20.0 Å². The fourth-order valence-electron chi connectivity index (χ4n) is 4.01. The van der Waals surface area contributed by atoms with Crippen molar-refractivity contribution in [2.24, 2.45) is 0 Å². The Hall–Kier alpha value is -2.66. The zero-order valence-corrected chi connectivity index (χ0v) is 18.0. The molecule has 1 fully saturated rings. The Morgan fingerprint density at radius 2 is 1.97 bits per heavy atom. The second kappa shape index (κ2) is 7.88. The zero-order valence-electron chi connectivity index (χ0n) is 16.4. The predicted octanol–water partition coefficient (Wildman–Crippen LogP) is 4.00. The van der Waals surface area contributed by atoms with Crippen LogP contribution in [0.3, 0.4) is 0 Å². The topological polar surface area (TPSA) is 82.8 Å². The lowest BCUT2D eigenvalue weighted by Crippen LogP contribution is -2.48. The Labute approximate surface area is 183 Å². The molecule has 0 aliphatic carbocycles. The highest BCUT2D eigenvalue weighted by Crippen LogP contribution is 2.53. The van der Waals surface area contributed by atoms with Crippen molar-refractivity contribution in [2.45, 2.75) is 18.1 Å². The van der Waals surface area contributed by atoms with Crippen LogP contribution in [-0.4, -0.2) is 35.9 Å². The van der Waals surface area contributed by atoms with E-state index in [4.69, 9.17) is 21.1 Å². The monoisotopic (exact) mass is 442 g/mol. The van der Waals surface area contributed by atoms with Crippen LogP contribution in [0.25, 0.3) is 0 Å². The van der Waals surface area contributed by atoms with E-state index in [-0.39, 0.29) is 18.1 Å². The summed E-state index contributed by atoms with van der Waals surface area (Å²) in [5, 5.41) is 22.4. The number of hydrogen-bond donors (Lipinski definition) is 1. The maximum Gasteiger partial charge on any atom is 0.231 e. The summed E-state index contributed by atoms with van der Waals surface area (Å²) in [6, 6.07) is 14.4. The molecule has 154 valence electrons. The van der Waals surface area contributed by atoms with Gasteiger partial charge in [-0.2, -0.15) is 5.26 Å². The molecule has 2 aromatic rings. The number of benzene rings is 2. The molecule has 1 amide bonds. The van der Waals surface area contributed by atoms with Gasteiger partial charge in [-0.25, -0.2) is 0 Å². The van der Waals surface area contributed by atoms with E-state index in [0.29, 0.717) is 38.3 Å². The summed E-state index contributed by atoms with van der Waals surface area (Å²) in [6.45, 7) is 0. The van der Waals surface area contributed by atoms with E-state index in [1.165, 1.54) is 30.9 Å². The third-order valence-corrected chi connectivity index (χ3v) is 6.90. The lowest BCUT2D eigenvalue weighted by Gasteiger charge is -2.38. The first kappa shape index (κ1) is 20.6. The molecule has 2 aromatic carbocycles. The third kappa shape index (κ3) is 3.12. The number of carbonyl (C=O) groups is 1. The van der Waals surface area contributed by atoms with Gasteiger partial charge in [0.15, 0.2) is 17.2 Å². The number of para-hydroxylation sites is 1. The Balaban J connectivity index is 1.83. The van der Waals surface area contributed by atoms with Gasteiger partial charge in [-0.1, -0.05) is 35.9 Å². The van der Waals surface area contributed by atoms with Crippen LogP contribution < -0.4 is 9.47 Å². The van der Waals surface area contributed by atoms with Gasteiger partial charge in [-0.15, -0.1) is 11.8 Å². The molecule has 4 rings (SSSR count). The number of thioether (sulfide) groups is 1. The minimum absolute atomic E-state index is 0.0341. The lowest BCUT2D eigenvalue weighted by molar-refractivity contribution is -0.149. The lowest BCUT2D eigenvalue weighted by atomic mass is 9.84. The van der Waals surface area contributed by atoms with E-state index >= 15 is 0 Å². The second-order valence-corrected chi connectivity index (χ2v) is 8.41. The van der Waals surface area contributed by atoms with Gasteiger partial charge in [-0.3, -0.25) is 9.69 Å². The molecule has 8 heteroatoms. The van der Waals surface area contributed by atoms with Crippen LogP contribution in [0, 0.1) is 11.3 Å². The van der Waals surface area contributed by atoms with Gasteiger partial charge in [0.25, 0.3) is 0 Å². The number of nitrogens with zero attached hydrogens (tertiary/aromatic N) is 2. The third-order valence-electron chi connectivity index (χ3n) is 5.43. The van der Waals surface area contributed by atoms with Gasteiger partial charge in [0.2, 0.25) is 5.91 Å². The average Bonchev–Trinajstić information content (AvgIpc) is 3.12. The van der Waals surface area contributed by atoms with Crippen LogP contribution in [0.5, 0.6) is 11.5 Å². The van der Waals surface area contributed by atoms with Crippen LogP contribution in [0.15, 0.2) is 53.1 Å². The Morgan fingerprint density at radius 3 is 2.60 bits per heavy atom. The molecule has 30 heavy (non-hydrogen) atoms. The highest BCUT2D eigenvalue weighted by atomic mass is 35.5. The zero-order chi connectivity index (χ0) is 21.5. The number of aliphatic hydroxyl groups is 1. The van der Waals surface area contributed by atoms with Crippen molar-refractivity contribution in [3.8, 4) is 17.6 Å². The molecule has 2 heterocycles. The first-order chi connectivity index (χ1) is 14.4. The normalized spacial score (nSPS) is 23.2. The standard InChI is InChI=1S/C22H19ClN2O4S/c1-28-18-5-3-4-15(20(18)29-2)16-10-19(26)25-21(17(16)11-24)30-12-22(25,27)13-6-8-14(23)9-7-13/h3-9,16,27H,10,12H2,1-2H3/t16-,22+/m0/s1. The Bertz CT molecular complexity index is 1080. The summed E-state index contributed by atoms with van der Waals surface area (Å²) in [5.41, 5.74) is 0.151. The maximum atomic E-state index is 13.2. The fourth-order valence-corrected chi connectivity index (χ4v) is 5.49. The fraction of sp³-hybridized carbons (Fsp3) is 0.273. The Morgan fingerprint density at radius 1 is 1.23 bits per heavy atom. The molecule has 0 unspecified atom stereocenters. The van der Waals surface area contributed by atoms with Gasteiger partial charge in [0.1, 0.15) is 0 Å². The molecule has 2 aliphatic rings. The molecular formula is C22H19ClN2O4S. The van der Waals surface area contributed by atoms with Crippen molar-refractivity contribution in [3.05, 3.63) is 69.2 Å². The van der Waals surface area contributed by atoms with Gasteiger partial charge in [-0.05, 0) is 18.2 Å². The van der Waals surface area contributed by atoms with Crippen molar-refractivity contribution < 1.29 is 19.4 Å². The molecule has 0 aromatic heterocycles. The van der Waals surface area contributed by atoms with Crippen LogP contribution in [0.1, 0.15) is 23.5 Å². The second-order valence-electron chi connectivity index (χ2n) is 7.01. The molecule has 1 saturated heterocycles. The number of rotatable bonds is 4. The van der Waals surface area contributed by atoms with Crippen molar-refractivity contribution in [3.63, 3.8) is 0 Å². The molecular weight excluding hydrogens is 424 g/mol. The molecule has 2 aliphatic heterocycles. The quantitative estimate of drug-likeness (QED) is 0.770. The van der Waals surface area contributed by atoms with Crippen molar-refractivity contribution in [1.29, 1.82) is 5.26 Å². The van der Waals surface area contributed by atoms with Crippen LogP contribution >= 0.6 is 23.4 Å². The molecule has 2 atom stereocenters. The highest BCUT2D eigenvalue weighted by molar-refractivity contribution is 8.03. The van der Waals surface area contributed by atoms with E-state index in [0.717, 1.165) is 0 Å². The summed E-state index contributed by atoms with van der Waals surface area (Å²) < 4.78 is 10.9. The van der Waals surface area contributed by atoms with Crippen molar-refractivity contribution in [1.82, 2.24) is 4.90 Å². The number of halogens is 1. The number of ether oxygens (including phenoxy) is 2. The molecule has 0 radical (unpaired) electrons. The van der Waals surface area contributed by atoms with E-state index in [9.17, 15) is 15.2 Å². The van der Waals surface area contributed by atoms with Gasteiger partial charge in [0, 0.05) is 28.5 Å². The van der Waals surface area contributed by atoms with Crippen LogP contribution in [0.2, 0.25) is 5.02 Å². The number of hydrogen-bond acceptors (Lipinski definition) is 6. The first-order valence-electron chi connectivity index (χ1n) is 9.24. The number of carbonyl (C=O) groups excluding carboxylic acids is 1. The largest absolute Gasteiger partial charge is 0.493 e. The minimum atomic E-state index is -1.53. The smallest absolute Gasteiger partial charge is 0.231 e. The SMILES string of the molecule is COc1cccc([C@@H]2CC(=O)N3C(=C2C#N)SC[C@@]3(O)c2ccc(Cl)cc2)c1OC. The maximum absolute atomic E-state index is 13.2. The summed E-state index contributed by atoms with van der Waals surface area (Å²) in [5.74, 6) is 0.503. The number of nitriles is 1. The van der Waals surface area contributed by atoms with E-state index < -0.39 is 11.6 Å². The van der Waals surface area contributed by atoms with Crippen LogP contribution in [-0.2, 0) is 10.5 Å². The highest BCUT2D eigenvalue weighted by Gasteiger charge is 2.52. The summed E-state index contributed by atoms with van der Waals surface area (Å²) in [4.78, 5) is 14.6. The van der Waals surface area contributed by atoms with E-state index in [1.807, 2.05) is 6.07 Å². The number of methoxy groups -OCH3 is 2. The number of fused-ring (bicyclic) bond motifs is 1. The summed E-state index contributed by atoms with van der Waals surface area (Å²) in [6.07, 6.45) is 0.0341. The molecule has 0 saturated carbocycles. The van der Waals surface area contributed by atoms with E-state index in [2.05, 4.69) is 6.07 Å². The first-order valence-corrected chi connectivity index (χ1v) is 10.6.